The van der Waals surface area contributed by atoms with Gasteiger partial charge in [-0.25, -0.2) is 0 Å². The quantitative estimate of drug-likeness (QED) is 0.718. The molecule has 0 radical (unpaired) electrons. The van der Waals surface area contributed by atoms with E-state index in [2.05, 4.69) is 72.8 Å². The van der Waals surface area contributed by atoms with Crippen molar-refractivity contribution in [2.24, 2.45) is 33.9 Å². The van der Waals surface area contributed by atoms with Crippen LogP contribution in [0.25, 0.3) is 0 Å². The standard InChI is InChI=1S/C21H18N2/c1-3-7-14(8-4-1)20-16-11-12-17(16)21(23-22-20,19-13-18(19)20)15-9-5-2-6-10-15/h1-12,16-19H,13H2/t16-,17-,18-,19-,20-,21+/m0/s1. The topological polar surface area (TPSA) is 24.7 Å². The number of rotatable bonds is 2. The van der Waals surface area contributed by atoms with Gasteiger partial charge in [0.15, 0.2) is 0 Å². The van der Waals surface area contributed by atoms with E-state index in [4.69, 9.17) is 10.2 Å². The lowest BCUT2D eigenvalue weighted by atomic mass is 9.51. The van der Waals surface area contributed by atoms with E-state index in [1.54, 1.807) is 0 Å². The molecular formula is C21H18N2. The van der Waals surface area contributed by atoms with Crippen molar-refractivity contribution in [3.63, 3.8) is 0 Å². The third-order valence-corrected chi connectivity index (χ3v) is 6.70. The summed E-state index contributed by atoms with van der Waals surface area (Å²) in [5.41, 5.74) is 2.53. The first-order valence-corrected chi connectivity index (χ1v) is 8.61. The number of nitrogens with zero attached hydrogens (tertiary/aromatic N) is 2. The van der Waals surface area contributed by atoms with Gasteiger partial charge in [0.25, 0.3) is 0 Å². The Balaban J connectivity index is 1.60. The summed E-state index contributed by atoms with van der Waals surface area (Å²) in [5, 5.41) is 10.1. The van der Waals surface area contributed by atoms with E-state index in [-0.39, 0.29) is 11.1 Å². The summed E-state index contributed by atoms with van der Waals surface area (Å²) < 4.78 is 0. The summed E-state index contributed by atoms with van der Waals surface area (Å²) in [4.78, 5) is 0. The molecule has 0 amide bonds. The van der Waals surface area contributed by atoms with Crippen LogP contribution in [-0.4, -0.2) is 0 Å². The highest BCUT2D eigenvalue weighted by molar-refractivity contribution is 5.47. The van der Waals surface area contributed by atoms with Gasteiger partial charge in [-0.3, -0.25) is 0 Å². The molecule has 0 N–H and O–H groups in total. The molecule has 23 heavy (non-hydrogen) atoms. The van der Waals surface area contributed by atoms with Crippen LogP contribution in [0.15, 0.2) is 83.0 Å². The molecule has 2 bridgehead atoms. The van der Waals surface area contributed by atoms with Crippen LogP contribution < -0.4 is 0 Å². The number of hydrogen-bond donors (Lipinski definition) is 0. The summed E-state index contributed by atoms with van der Waals surface area (Å²) >= 11 is 0. The highest BCUT2D eigenvalue weighted by atomic mass is 15.3. The molecule has 2 heterocycles. The number of benzene rings is 2. The number of hydrogen-bond acceptors (Lipinski definition) is 2. The minimum atomic E-state index is -0.0954. The van der Waals surface area contributed by atoms with Gasteiger partial charge in [-0.05, 0) is 29.4 Å². The fourth-order valence-electron chi connectivity index (χ4n) is 5.62. The van der Waals surface area contributed by atoms with Crippen molar-refractivity contribution in [1.82, 2.24) is 0 Å². The Morgan fingerprint density at radius 3 is 1.48 bits per heavy atom. The second kappa shape index (κ2) is 3.81. The van der Waals surface area contributed by atoms with Crippen LogP contribution in [0.5, 0.6) is 0 Å². The molecule has 2 aliphatic heterocycles. The molecule has 3 aliphatic carbocycles. The average molecular weight is 298 g/mol. The van der Waals surface area contributed by atoms with Gasteiger partial charge < -0.3 is 0 Å². The molecule has 2 heteroatoms. The maximum atomic E-state index is 5.03. The normalized spacial score (nSPS) is 44.3. The average Bonchev–Trinajstić information content (AvgIpc) is 3.39. The molecule has 2 saturated carbocycles. The van der Waals surface area contributed by atoms with Crippen molar-refractivity contribution in [1.29, 1.82) is 0 Å². The summed E-state index contributed by atoms with van der Waals surface area (Å²) in [6, 6.07) is 21.7. The highest BCUT2D eigenvalue weighted by Crippen LogP contribution is 2.77. The predicted molar refractivity (Wildman–Crippen MR) is 88.8 cm³/mol. The van der Waals surface area contributed by atoms with Gasteiger partial charge in [-0.1, -0.05) is 72.8 Å². The fraction of sp³-hybridized carbons (Fsp3) is 0.333. The molecular weight excluding hydrogens is 280 g/mol. The Bertz CT molecular complexity index is 771. The van der Waals surface area contributed by atoms with Gasteiger partial charge in [-0.2, -0.15) is 10.2 Å². The van der Waals surface area contributed by atoms with Crippen LogP contribution in [0, 0.1) is 23.7 Å². The maximum absolute atomic E-state index is 5.03. The van der Waals surface area contributed by atoms with E-state index < -0.39 is 0 Å². The Hall–Kier alpha value is -2.22. The summed E-state index contributed by atoms with van der Waals surface area (Å²) in [6.07, 6.45) is 6.04. The minimum absolute atomic E-state index is 0.0954. The first kappa shape index (κ1) is 12.2. The van der Waals surface area contributed by atoms with Crippen LogP contribution in [0.2, 0.25) is 0 Å². The van der Waals surface area contributed by atoms with Gasteiger partial charge in [0.2, 0.25) is 0 Å². The van der Waals surface area contributed by atoms with E-state index in [1.807, 2.05) is 0 Å². The van der Waals surface area contributed by atoms with Crippen molar-refractivity contribution < 1.29 is 0 Å². The molecule has 0 aromatic heterocycles. The summed E-state index contributed by atoms with van der Waals surface area (Å²) in [7, 11) is 0. The molecule has 0 unspecified atom stereocenters. The van der Waals surface area contributed by atoms with Crippen LogP contribution in [-0.2, 0) is 11.1 Å². The van der Waals surface area contributed by atoms with Crippen molar-refractivity contribution in [3.05, 3.63) is 83.9 Å². The minimum Gasteiger partial charge on any atom is -0.181 e. The second-order valence-corrected chi connectivity index (χ2v) is 7.47. The smallest absolute Gasteiger partial charge is 0.116 e. The zero-order chi connectivity index (χ0) is 15.1. The fourth-order valence-corrected chi connectivity index (χ4v) is 5.62. The first-order valence-electron chi connectivity index (χ1n) is 8.61. The Labute approximate surface area is 136 Å². The molecule has 2 aromatic carbocycles. The molecule has 6 atom stereocenters. The Morgan fingerprint density at radius 1 is 0.652 bits per heavy atom. The van der Waals surface area contributed by atoms with E-state index in [0.717, 1.165) is 0 Å². The molecule has 0 spiro atoms. The van der Waals surface area contributed by atoms with Crippen molar-refractivity contribution in [2.75, 3.05) is 0 Å². The molecule has 5 aliphatic rings. The third-order valence-electron chi connectivity index (χ3n) is 6.70. The van der Waals surface area contributed by atoms with Crippen LogP contribution in [0.3, 0.4) is 0 Å². The maximum Gasteiger partial charge on any atom is 0.116 e. The van der Waals surface area contributed by atoms with Gasteiger partial charge in [-0.15, -0.1) is 0 Å². The Kier molecular flexibility index (Phi) is 2.03. The molecule has 112 valence electrons. The summed E-state index contributed by atoms with van der Waals surface area (Å²) in [6.45, 7) is 0. The predicted octanol–water partition coefficient (Wildman–Crippen LogP) is 4.70. The van der Waals surface area contributed by atoms with E-state index in [1.165, 1.54) is 17.5 Å². The van der Waals surface area contributed by atoms with Gasteiger partial charge in [0.1, 0.15) is 11.1 Å². The van der Waals surface area contributed by atoms with E-state index in [9.17, 15) is 0 Å². The first-order chi connectivity index (χ1) is 11.4. The van der Waals surface area contributed by atoms with Gasteiger partial charge in [0.05, 0.1) is 0 Å². The zero-order valence-electron chi connectivity index (χ0n) is 12.8. The van der Waals surface area contributed by atoms with Gasteiger partial charge >= 0.3 is 0 Å². The van der Waals surface area contributed by atoms with Crippen molar-refractivity contribution in [3.8, 4) is 0 Å². The van der Waals surface area contributed by atoms with Crippen LogP contribution in [0.1, 0.15) is 17.5 Å². The monoisotopic (exact) mass is 298 g/mol. The lowest BCUT2D eigenvalue weighted by Gasteiger charge is -2.58. The van der Waals surface area contributed by atoms with Crippen LogP contribution >= 0.6 is 0 Å². The lowest BCUT2D eigenvalue weighted by Crippen LogP contribution is -2.58. The SMILES string of the molecule is C1=C[C@H]2[C@H]1[C@@]1(c3ccccc3)N=N[C@]2(c2ccccc2)[C@H]2C[C@@H]21. The van der Waals surface area contributed by atoms with Crippen LogP contribution in [0.4, 0.5) is 0 Å². The molecule has 2 fully saturated rings. The molecule has 7 rings (SSSR count). The van der Waals surface area contributed by atoms with Gasteiger partial charge in [0, 0.05) is 11.8 Å². The molecule has 2 nitrogen and oxygen atoms in total. The second-order valence-electron chi connectivity index (χ2n) is 7.47. The van der Waals surface area contributed by atoms with E-state index >= 15 is 0 Å². The van der Waals surface area contributed by atoms with Crippen molar-refractivity contribution >= 4 is 0 Å². The third kappa shape index (κ3) is 1.21. The zero-order valence-corrected chi connectivity index (χ0v) is 12.8. The summed E-state index contributed by atoms with van der Waals surface area (Å²) in [5.74, 6) is 2.31. The molecule has 0 saturated heterocycles. The van der Waals surface area contributed by atoms with Crippen molar-refractivity contribution in [2.45, 2.75) is 17.5 Å². The largest absolute Gasteiger partial charge is 0.181 e. The van der Waals surface area contributed by atoms with E-state index in [0.29, 0.717) is 23.7 Å². The number of azo groups is 1. The highest BCUT2D eigenvalue weighted by Gasteiger charge is 2.77. The molecule has 2 aromatic rings. The Morgan fingerprint density at radius 2 is 1.09 bits per heavy atom. The lowest BCUT2D eigenvalue weighted by molar-refractivity contribution is 0.0165.